The van der Waals surface area contributed by atoms with Crippen LogP contribution < -0.4 is 15.7 Å². The van der Waals surface area contributed by atoms with E-state index in [1.807, 2.05) is 48.5 Å². The summed E-state index contributed by atoms with van der Waals surface area (Å²) in [4.78, 5) is 43.1. The van der Waals surface area contributed by atoms with E-state index in [0.29, 0.717) is 18.6 Å². The van der Waals surface area contributed by atoms with Gasteiger partial charge in [-0.15, -0.1) is 11.3 Å². The Labute approximate surface area is 263 Å². The van der Waals surface area contributed by atoms with Crippen LogP contribution >= 0.6 is 11.3 Å². The number of amides is 1. The summed E-state index contributed by atoms with van der Waals surface area (Å²) in [6, 6.07) is 28.0. The Bertz CT molecular complexity index is 1530. The van der Waals surface area contributed by atoms with Gasteiger partial charge in [0.25, 0.3) is 8.32 Å². The number of nitrogens with zero attached hydrogens (tertiary/aromatic N) is 1. The van der Waals surface area contributed by atoms with E-state index in [-0.39, 0.29) is 22.3 Å². The maximum Gasteiger partial charge on any atom is 0.360 e. The van der Waals surface area contributed by atoms with Crippen LogP contribution in [-0.2, 0) is 29.9 Å². The van der Waals surface area contributed by atoms with Crippen molar-refractivity contribution in [2.45, 2.75) is 45.1 Å². The largest absolute Gasteiger partial charge is 0.468 e. The summed E-state index contributed by atoms with van der Waals surface area (Å²) < 4.78 is 17.2. The summed E-state index contributed by atoms with van der Waals surface area (Å²) in [7, 11) is -1.54. The molecule has 1 atom stereocenters. The highest BCUT2D eigenvalue weighted by Crippen LogP contribution is 2.37. The minimum absolute atomic E-state index is 0.0131. The van der Waals surface area contributed by atoms with E-state index in [2.05, 4.69) is 55.3 Å². The molecule has 0 saturated carbocycles. The Balaban J connectivity index is 1.65. The number of rotatable bonds is 12. The van der Waals surface area contributed by atoms with Gasteiger partial charge in [-0.1, -0.05) is 106 Å². The first-order valence-corrected chi connectivity index (χ1v) is 17.2. The molecule has 0 saturated heterocycles. The third-order valence-corrected chi connectivity index (χ3v) is 13.2. The summed E-state index contributed by atoms with van der Waals surface area (Å²) in [5, 5.41) is 5.04. The van der Waals surface area contributed by atoms with Crippen LogP contribution in [0.5, 0.6) is 0 Å². The number of nitrogens with one attached hydrogen (secondary N) is 1. The number of hydrogen-bond donors (Lipinski definition) is 1. The molecule has 0 radical (unpaired) electrons. The first kappa shape index (κ1) is 32.8. The highest BCUT2D eigenvalue weighted by molar-refractivity contribution is 7.14. The molecule has 0 spiro atoms. The molecule has 0 fully saturated rings. The number of methoxy groups -OCH3 is 1. The molecular formula is C34H38N2O6SSi. The molecule has 4 rings (SSSR count). The van der Waals surface area contributed by atoms with Crippen molar-refractivity contribution in [2.24, 2.45) is 0 Å². The maximum absolute atomic E-state index is 13.6. The second-order valence-corrected chi connectivity index (χ2v) is 16.3. The van der Waals surface area contributed by atoms with Gasteiger partial charge in [0, 0.05) is 6.61 Å². The van der Waals surface area contributed by atoms with Crippen molar-refractivity contribution in [2.75, 3.05) is 25.6 Å². The van der Waals surface area contributed by atoms with Gasteiger partial charge < -0.3 is 19.2 Å². The molecule has 1 unspecified atom stereocenters. The van der Waals surface area contributed by atoms with Crippen LogP contribution in [0.15, 0.2) is 90.4 Å². The second kappa shape index (κ2) is 14.6. The van der Waals surface area contributed by atoms with Crippen LogP contribution in [-0.4, -0.2) is 51.5 Å². The minimum Gasteiger partial charge on any atom is -0.468 e. The normalized spacial score (nSPS) is 12.3. The number of ether oxygens (including phenoxy) is 2. The smallest absolute Gasteiger partial charge is 0.360 e. The minimum atomic E-state index is -2.79. The van der Waals surface area contributed by atoms with Crippen molar-refractivity contribution in [1.29, 1.82) is 0 Å². The van der Waals surface area contributed by atoms with E-state index in [9.17, 15) is 14.4 Å². The molecule has 1 N–H and O–H groups in total. The van der Waals surface area contributed by atoms with Gasteiger partial charge >= 0.3 is 11.9 Å². The summed E-state index contributed by atoms with van der Waals surface area (Å²) in [6.45, 7) is 8.86. The molecule has 230 valence electrons. The van der Waals surface area contributed by atoms with Crippen LogP contribution in [0.2, 0.25) is 5.04 Å². The molecule has 1 heterocycles. The van der Waals surface area contributed by atoms with Crippen molar-refractivity contribution in [3.8, 4) is 0 Å². The standard InChI is InChI=1S/C34H38N2O6SSi/c1-6-41-33(39)29-31(43-23-35-29)36-30(37)28(32(38)40-5)27-20-14-13-15-24(27)21-22-42-44(34(2,3)4,25-16-9-7-10-17-25)26-18-11-8-12-19-26/h7-20,23,28H,6,21-22H2,1-5H3,(H,36,37). The van der Waals surface area contributed by atoms with Gasteiger partial charge in [0.05, 0.1) is 19.2 Å². The number of esters is 2. The third-order valence-electron chi connectivity index (χ3n) is 7.44. The lowest BCUT2D eigenvalue weighted by Crippen LogP contribution is -2.66. The molecular weight excluding hydrogens is 593 g/mol. The molecule has 8 nitrogen and oxygen atoms in total. The second-order valence-electron chi connectivity index (χ2n) is 11.2. The Morgan fingerprint density at radius 1 is 0.909 bits per heavy atom. The van der Waals surface area contributed by atoms with Crippen LogP contribution in [0.1, 0.15) is 55.2 Å². The summed E-state index contributed by atoms with van der Waals surface area (Å²) in [5.74, 6) is -3.28. The Kier molecular flexibility index (Phi) is 10.9. The Morgan fingerprint density at radius 2 is 1.50 bits per heavy atom. The third kappa shape index (κ3) is 6.98. The molecule has 1 amide bonds. The molecule has 1 aromatic heterocycles. The van der Waals surface area contributed by atoms with E-state index < -0.39 is 32.1 Å². The number of hydrogen-bond acceptors (Lipinski definition) is 8. The van der Waals surface area contributed by atoms with Crippen molar-refractivity contribution >= 4 is 52.9 Å². The van der Waals surface area contributed by atoms with Gasteiger partial charge in [-0.3, -0.25) is 9.59 Å². The predicted octanol–water partition coefficient (Wildman–Crippen LogP) is 5.33. The lowest BCUT2D eigenvalue weighted by molar-refractivity contribution is -0.145. The van der Waals surface area contributed by atoms with Gasteiger partial charge in [-0.25, -0.2) is 9.78 Å². The first-order chi connectivity index (χ1) is 21.1. The fourth-order valence-electron chi connectivity index (χ4n) is 5.48. The van der Waals surface area contributed by atoms with Crippen molar-refractivity contribution in [1.82, 2.24) is 4.98 Å². The summed E-state index contributed by atoms with van der Waals surface area (Å²) in [5.41, 5.74) is 2.71. The summed E-state index contributed by atoms with van der Waals surface area (Å²) >= 11 is 1.07. The molecule has 3 aromatic carbocycles. The van der Waals surface area contributed by atoms with Gasteiger partial charge in [0.1, 0.15) is 5.00 Å². The van der Waals surface area contributed by atoms with Crippen molar-refractivity contribution in [3.63, 3.8) is 0 Å². The van der Waals surface area contributed by atoms with E-state index in [0.717, 1.165) is 16.9 Å². The molecule has 0 aliphatic rings. The average Bonchev–Trinajstić information content (AvgIpc) is 3.48. The Morgan fingerprint density at radius 3 is 2.07 bits per heavy atom. The highest BCUT2D eigenvalue weighted by Gasteiger charge is 2.50. The molecule has 10 heteroatoms. The van der Waals surface area contributed by atoms with Crippen LogP contribution in [0.25, 0.3) is 0 Å². The van der Waals surface area contributed by atoms with E-state index in [1.165, 1.54) is 23.0 Å². The molecule has 0 bridgehead atoms. The zero-order chi connectivity index (χ0) is 31.7. The van der Waals surface area contributed by atoms with Crippen LogP contribution in [0.4, 0.5) is 5.00 Å². The number of anilines is 1. The molecule has 4 aromatic rings. The summed E-state index contributed by atoms with van der Waals surface area (Å²) in [6.07, 6.45) is 0.454. The quantitative estimate of drug-likeness (QED) is 0.128. The monoisotopic (exact) mass is 630 g/mol. The van der Waals surface area contributed by atoms with Crippen molar-refractivity contribution in [3.05, 3.63) is 107 Å². The van der Waals surface area contributed by atoms with E-state index in [4.69, 9.17) is 13.9 Å². The number of benzene rings is 3. The topological polar surface area (TPSA) is 104 Å². The molecule has 0 aliphatic heterocycles. The fourth-order valence-corrected chi connectivity index (χ4v) is 10.7. The number of thiazole rings is 1. The van der Waals surface area contributed by atoms with Crippen LogP contribution in [0.3, 0.4) is 0 Å². The van der Waals surface area contributed by atoms with E-state index in [1.54, 1.807) is 19.1 Å². The maximum atomic E-state index is 13.6. The average molecular weight is 631 g/mol. The van der Waals surface area contributed by atoms with Gasteiger partial charge in [0.15, 0.2) is 11.6 Å². The number of carbonyl (C=O) groups excluding carboxylic acids is 3. The highest BCUT2D eigenvalue weighted by atomic mass is 32.1. The zero-order valence-corrected chi connectivity index (χ0v) is 27.5. The van der Waals surface area contributed by atoms with Crippen molar-refractivity contribution < 1.29 is 28.3 Å². The molecule has 0 aliphatic carbocycles. The predicted molar refractivity (Wildman–Crippen MR) is 175 cm³/mol. The van der Waals surface area contributed by atoms with Crippen LogP contribution in [0, 0.1) is 0 Å². The lowest BCUT2D eigenvalue weighted by Gasteiger charge is -2.43. The number of carbonyl (C=O) groups is 3. The number of aromatic nitrogens is 1. The first-order valence-electron chi connectivity index (χ1n) is 14.5. The van der Waals surface area contributed by atoms with Gasteiger partial charge in [-0.2, -0.15) is 0 Å². The zero-order valence-electron chi connectivity index (χ0n) is 25.7. The Hall–Kier alpha value is -4.12. The van der Waals surface area contributed by atoms with E-state index >= 15 is 0 Å². The lowest BCUT2D eigenvalue weighted by atomic mass is 9.92. The fraction of sp³-hybridized carbons (Fsp3) is 0.294. The van der Waals surface area contributed by atoms with Gasteiger partial charge in [-0.05, 0) is 39.9 Å². The SMILES string of the molecule is CCOC(=O)c1ncsc1NC(=O)C(C(=O)OC)c1ccccc1CCO[Si](c1ccccc1)(c1ccccc1)C(C)(C)C. The van der Waals surface area contributed by atoms with Gasteiger partial charge in [0.2, 0.25) is 5.91 Å². The molecule has 44 heavy (non-hydrogen) atoms.